The van der Waals surface area contributed by atoms with Crippen LogP contribution in [0.25, 0.3) is 11.0 Å². The molecule has 0 saturated heterocycles. The number of carbonyl (C=O) groups excluding carboxylic acids is 1. The minimum Gasteiger partial charge on any atom is -0.342 e. The minimum atomic E-state index is -3.01. The van der Waals surface area contributed by atoms with Crippen LogP contribution in [0.3, 0.4) is 0 Å². The average molecular weight is 471 g/mol. The molecule has 2 saturated carbocycles. The molecule has 32 heavy (non-hydrogen) atoms. The minimum absolute atomic E-state index is 0.125. The van der Waals surface area contributed by atoms with Crippen LogP contribution in [-0.4, -0.2) is 39.9 Å². The Bertz CT molecular complexity index is 1360. The Morgan fingerprint density at radius 3 is 2.75 bits per heavy atom. The van der Waals surface area contributed by atoms with Gasteiger partial charge in [-0.1, -0.05) is 11.6 Å². The van der Waals surface area contributed by atoms with E-state index in [2.05, 4.69) is 14.5 Å². The molecular weight excluding hydrogens is 448 g/mol. The van der Waals surface area contributed by atoms with Gasteiger partial charge in [-0.2, -0.15) is 0 Å². The summed E-state index contributed by atoms with van der Waals surface area (Å²) in [6.45, 7) is 0.934. The summed E-state index contributed by atoms with van der Waals surface area (Å²) in [4.78, 5) is 23.8. The van der Waals surface area contributed by atoms with Crippen LogP contribution in [0.4, 0.5) is 5.69 Å². The van der Waals surface area contributed by atoms with E-state index in [-0.39, 0.29) is 22.3 Å². The second-order valence-corrected chi connectivity index (χ2v) is 11.9. The third-order valence-electron chi connectivity index (χ3n) is 6.98. The molecular formula is C23H23ClN4O3S. The Morgan fingerprint density at radius 2 is 2.00 bits per heavy atom. The summed E-state index contributed by atoms with van der Waals surface area (Å²) in [7, 11) is -3.01. The van der Waals surface area contributed by atoms with Crippen molar-refractivity contribution < 1.29 is 13.2 Å². The number of aromatic nitrogens is 3. The number of carbonyl (C=O) groups is 1. The van der Waals surface area contributed by atoms with Gasteiger partial charge in [0.2, 0.25) is 5.91 Å². The van der Waals surface area contributed by atoms with E-state index in [1.54, 1.807) is 18.5 Å². The predicted molar refractivity (Wildman–Crippen MR) is 123 cm³/mol. The van der Waals surface area contributed by atoms with Crippen LogP contribution >= 0.6 is 11.6 Å². The third kappa shape index (κ3) is 3.15. The topological polar surface area (TPSA) is 85.2 Å². The Balaban J connectivity index is 1.33. The molecule has 3 aromatic heterocycles. The predicted octanol–water partition coefficient (Wildman–Crippen LogP) is 3.63. The first kappa shape index (κ1) is 20.2. The summed E-state index contributed by atoms with van der Waals surface area (Å²) in [5.74, 6) is 0.302. The first-order valence-corrected chi connectivity index (χ1v) is 13.1. The quantitative estimate of drug-likeness (QED) is 0.492. The zero-order chi connectivity index (χ0) is 22.1. The lowest BCUT2D eigenvalue weighted by Gasteiger charge is -2.19. The maximum atomic E-state index is 13.3. The van der Waals surface area contributed by atoms with Crippen LogP contribution in [0.1, 0.15) is 43.4 Å². The number of sulfone groups is 1. The molecule has 0 unspecified atom stereocenters. The summed E-state index contributed by atoms with van der Waals surface area (Å²) < 4.78 is 26.8. The highest BCUT2D eigenvalue weighted by Crippen LogP contribution is 2.57. The summed E-state index contributed by atoms with van der Waals surface area (Å²) in [6, 6.07) is 7.56. The lowest BCUT2D eigenvalue weighted by atomic mass is 9.99. The molecule has 0 radical (unpaired) electrons. The highest BCUT2D eigenvalue weighted by Gasteiger charge is 2.59. The van der Waals surface area contributed by atoms with Gasteiger partial charge in [0.25, 0.3) is 0 Å². The van der Waals surface area contributed by atoms with Crippen LogP contribution < -0.4 is 4.90 Å². The number of nitrogens with zero attached hydrogens (tertiary/aromatic N) is 4. The van der Waals surface area contributed by atoms with Crippen LogP contribution in [0.15, 0.2) is 36.7 Å². The lowest BCUT2D eigenvalue weighted by molar-refractivity contribution is -0.120. The molecule has 6 rings (SSSR count). The van der Waals surface area contributed by atoms with E-state index in [0.29, 0.717) is 24.7 Å². The number of aryl methyl sites for hydroxylation is 1. The summed E-state index contributed by atoms with van der Waals surface area (Å²) in [5.41, 5.74) is 4.12. The molecule has 7 nitrogen and oxygen atoms in total. The third-order valence-corrected chi connectivity index (χ3v) is 9.54. The molecule has 1 spiro atoms. The van der Waals surface area contributed by atoms with Crippen molar-refractivity contribution in [1.82, 2.24) is 14.5 Å². The molecule has 166 valence electrons. The summed E-state index contributed by atoms with van der Waals surface area (Å²) in [6.07, 6.45) is 7.36. The van der Waals surface area contributed by atoms with Crippen molar-refractivity contribution in [3.8, 4) is 0 Å². The van der Waals surface area contributed by atoms with Crippen molar-refractivity contribution in [2.24, 2.45) is 0 Å². The van der Waals surface area contributed by atoms with Crippen molar-refractivity contribution in [3.63, 3.8) is 0 Å². The number of amides is 1. The van der Waals surface area contributed by atoms with E-state index in [9.17, 15) is 13.2 Å². The Kier molecular flexibility index (Phi) is 4.43. The number of rotatable bonds is 7. The highest BCUT2D eigenvalue weighted by atomic mass is 35.5. The van der Waals surface area contributed by atoms with Gasteiger partial charge in [-0.3, -0.25) is 9.78 Å². The number of pyridine rings is 2. The number of fused-ring (bicyclic) bond motifs is 3. The number of halogens is 1. The Morgan fingerprint density at radius 1 is 1.19 bits per heavy atom. The SMILES string of the molecule is O=C1N(Cc2cc3nc(Cl)ccc3n2CCCS(=O)(=O)C2CC2)c2cnccc2C12CC2. The fraction of sp³-hybridized carbons (Fsp3) is 0.435. The smallest absolute Gasteiger partial charge is 0.238 e. The number of hydrogen-bond acceptors (Lipinski definition) is 5. The average Bonchev–Trinajstić information content (AvgIpc) is 3.68. The molecule has 4 heterocycles. The fourth-order valence-corrected chi connectivity index (χ4v) is 6.87. The monoisotopic (exact) mass is 470 g/mol. The van der Waals surface area contributed by atoms with Crippen LogP contribution in [-0.2, 0) is 33.1 Å². The van der Waals surface area contributed by atoms with Crippen LogP contribution in [0, 0.1) is 0 Å². The van der Waals surface area contributed by atoms with Gasteiger partial charge in [0.05, 0.1) is 45.9 Å². The zero-order valence-electron chi connectivity index (χ0n) is 17.5. The van der Waals surface area contributed by atoms with Crippen molar-refractivity contribution in [1.29, 1.82) is 0 Å². The maximum Gasteiger partial charge on any atom is 0.238 e. The first-order valence-electron chi connectivity index (χ1n) is 11.0. The van der Waals surface area contributed by atoms with Gasteiger partial charge in [-0.15, -0.1) is 0 Å². The second-order valence-electron chi connectivity index (χ2n) is 9.11. The molecule has 0 N–H and O–H groups in total. The molecule has 2 fully saturated rings. The normalized spacial score (nSPS) is 19.2. The van der Waals surface area contributed by atoms with Crippen molar-refractivity contribution in [2.45, 2.75) is 55.9 Å². The Hall–Kier alpha value is -2.45. The largest absolute Gasteiger partial charge is 0.342 e. The van der Waals surface area contributed by atoms with Crippen molar-refractivity contribution in [3.05, 3.63) is 53.1 Å². The summed E-state index contributed by atoms with van der Waals surface area (Å²) in [5, 5.41) is 0.256. The second kappa shape index (κ2) is 7.02. The standard InChI is InChI=1S/C23H23ClN4O3S/c24-21-5-4-19-18(26-21)12-15(27(19)10-1-11-32(30,31)16-2-3-16)14-28-20-13-25-9-6-17(20)23(7-8-23)22(28)29/h4-6,9,12-13,16H,1-3,7-8,10-11,14H2. The van der Waals surface area contributed by atoms with E-state index in [0.717, 1.165) is 53.7 Å². The van der Waals surface area contributed by atoms with Gasteiger partial charge in [0, 0.05) is 18.4 Å². The molecule has 1 aliphatic heterocycles. The van der Waals surface area contributed by atoms with Gasteiger partial charge in [0.1, 0.15) is 5.15 Å². The lowest BCUT2D eigenvalue weighted by Crippen LogP contribution is -2.32. The van der Waals surface area contributed by atoms with Crippen molar-refractivity contribution >= 4 is 44.1 Å². The van der Waals surface area contributed by atoms with Gasteiger partial charge in [0.15, 0.2) is 9.84 Å². The van der Waals surface area contributed by atoms with Crippen LogP contribution in [0.2, 0.25) is 5.15 Å². The fourth-order valence-electron chi connectivity index (χ4n) is 5.00. The van der Waals surface area contributed by atoms with Crippen LogP contribution in [0.5, 0.6) is 0 Å². The molecule has 3 aliphatic rings. The van der Waals surface area contributed by atoms with E-state index < -0.39 is 9.84 Å². The molecule has 0 atom stereocenters. The Labute approximate surface area is 191 Å². The first-order chi connectivity index (χ1) is 15.4. The molecule has 9 heteroatoms. The molecule has 0 bridgehead atoms. The van der Waals surface area contributed by atoms with Gasteiger partial charge in [-0.05, 0) is 61.9 Å². The number of hydrogen-bond donors (Lipinski definition) is 0. The van der Waals surface area contributed by atoms with E-state index in [1.165, 1.54) is 0 Å². The maximum absolute atomic E-state index is 13.3. The molecule has 2 aliphatic carbocycles. The number of anilines is 1. The molecule has 1 amide bonds. The molecule has 0 aromatic carbocycles. The van der Waals surface area contributed by atoms with Gasteiger partial charge < -0.3 is 9.47 Å². The van der Waals surface area contributed by atoms with Gasteiger partial charge >= 0.3 is 0 Å². The summed E-state index contributed by atoms with van der Waals surface area (Å²) >= 11 is 6.12. The van der Waals surface area contributed by atoms with E-state index in [1.807, 2.05) is 23.1 Å². The van der Waals surface area contributed by atoms with E-state index in [4.69, 9.17) is 11.6 Å². The van der Waals surface area contributed by atoms with Gasteiger partial charge in [-0.25, -0.2) is 13.4 Å². The van der Waals surface area contributed by atoms with E-state index >= 15 is 0 Å². The zero-order valence-corrected chi connectivity index (χ0v) is 19.1. The molecule has 3 aromatic rings. The van der Waals surface area contributed by atoms with Crippen molar-refractivity contribution in [2.75, 3.05) is 10.7 Å². The highest BCUT2D eigenvalue weighted by molar-refractivity contribution is 7.92.